The normalized spacial score (nSPS) is 12.3. The third-order valence-corrected chi connectivity index (χ3v) is 11.8. The van der Waals surface area contributed by atoms with Gasteiger partial charge in [0.25, 0.3) is 0 Å². The first-order valence-corrected chi connectivity index (χ1v) is 22.4. The number of rotatable bonds is 5. The van der Waals surface area contributed by atoms with Crippen molar-refractivity contribution in [2.45, 2.75) is 64.2 Å². The zero-order valence-corrected chi connectivity index (χ0v) is 31.8. The van der Waals surface area contributed by atoms with Gasteiger partial charge in [-0.1, -0.05) is 48.6 Å². The second-order valence-electron chi connectivity index (χ2n) is 13.7. The molecule has 0 aliphatic rings. The van der Waals surface area contributed by atoms with E-state index in [0.717, 1.165) is 34.0 Å². The van der Waals surface area contributed by atoms with Crippen molar-refractivity contribution in [1.29, 1.82) is 0 Å². The number of nitrogens with zero attached hydrogens (tertiary/aromatic N) is 2. The first-order chi connectivity index (χ1) is 21.1. The summed E-state index contributed by atoms with van der Waals surface area (Å²) in [5.74, 6) is 6.21. The van der Waals surface area contributed by atoms with Crippen LogP contribution in [0.5, 0.6) is 0 Å². The molecule has 0 aliphatic carbocycles. The summed E-state index contributed by atoms with van der Waals surface area (Å²) in [6.07, 6.45) is 4.92. The molecule has 0 spiro atoms. The van der Waals surface area contributed by atoms with Gasteiger partial charge in [0.1, 0.15) is 0 Å². The molecule has 6 heteroatoms. The molecule has 6 aromatic rings. The predicted octanol–water partition coefficient (Wildman–Crippen LogP) is 10.4. The van der Waals surface area contributed by atoms with Crippen LogP contribution in [0.1, 0.15) is 53.0 Å². The topological polar surface area (TPSA) is 38.9 Å². The van der Waals surface area contributed by atoms with Gasteiger partial charge in [-0.3, -0.25) is 0 Å². The number of aromatic nitrogens is 2. The van der Waals surface area contributed by atoms with E-state index < -0.39 is 19.2 Å². The Labute approximate surface area is 284 Å². The summed E-state index contributed by atoms with van der Waals surface area (Å²) in [5, 5.41) is 1.56. The fourth-order valence-electron chi connectivity index (χ4n) is 5.39. The Kier molecular flexibility index (Phi) is 10.4. The Morgan fingerprint density at radius 1 is 0.889 bits per heavy atom. The zero-order chi connectivity index (χ0) is 32.6. The van der Waals surface area contributed by atoms with Gasteiger partial charge in [0.2, 0.25) is 0 Å². The van der Waals surface area contributed by atoms with Crippen molar-refractivity contribution in [2.24, 2.45) is 5.41 Å². The Morgan fingerprint density at radius 2 is 1.64 bits per heavy atom. The van der Waals surface area contributed by atoms with Gasteiger partial charge in [0.15, 0.2) is 11.4 Å². The molecule has 235 valence electrons. The molecule has 3 nitrogen and oxygen atoms in total. The van der Waals surface area contributed by atoms with E-state index in [-0.39, 0.29) is 31.5 Å². The largest absolute Gasteiger partial charge is 0.498 e. The van der Waals surface area contributed by atoms with Crippen molar-refractivity contribution in [3.8, 4) is 22.5 Å². The summed E-state index contributed by atoms with van der Waals surface area (Å²) in [6.45, 7) is 10.6. The number of para-hydroxylation sites is 1. The molecule has 3 heterocycles. The van der Waals surface area contributed by atoms with E-state index in [1.807, 2.05) is 56.3 Å². The van der Waals surface area contributed by atoms with Crippen molar-refractivity contribution in [2.75, 3.05) is 0 Å². The molecule has 3 aromatic heterocycles. The van der Waals surface area contributed by atoms with Crippen molar-refractivity contribution in [3.63, 3.8) is 0 Å². The summed E-state index contributed by atoms with van der Waals surface area (Å²) in [6, 6.07) is 29.1. The Balaban J connectivity index is 0.000000207. The van der Waals surface area contributed by atoms with Gasteiger partial charge in [-0.2, -0.15) is 0 Å². The number of halogens is 1. The number of hydrogen-bond donors (Lipinski definition) is 0. The average molecular weight is 839 g/mol. The SMILES string of the molecule is CC(C)(C)Cc1cc(-c2[c-]cccc2)nc[c]1[Ge]([CH3])([CH3])[CH3].[2H]C(C)(C)c1ccnc(-c2[c-]ccc3c2oc2c(F)cccc23)c1.[Ir]. The second-order valence-corrected chi connectivity index (χ2v) is 24.3. The van der Waals surface area contributed by atoms with Crippen LogP contribution in [0.3, 0.4) is 0 Å². The maximum absolute atomic E-state index is 14.0. The summed E-state index contributed by atoms with van der Waals surface area (Å²) >= 11 is -1.90. The Bertz CT molecular complexity index is 1950. The molecule has 0 saturated carbocycles. The standard InChI is InChI=1S/C20H15FNO.C19H26GeN.Ir/c1-12(2)13-9-10-22-18(11-13)16-7-3-5-14-15-6-4-8-17(21)20(15)23-19(14)16;1-19(2,3)13-16-12-18(15-10-8-7-9-11-15)21-14-17(16)20(4,5)6;/h3-6,8-12H,1-2H3;7-10,12,14H,13H2,1-6H3;/q2*-1;/i12D;;. The van der Waals surface area contributed by atoms with E-state index in [1.165, 1.54) is 16.0 Å². The van der Waals surface area contributed by atoms with Crippen LogP contribution in [0.2, 0.25) is 17.3 Å². The summed E-state index contributed by atoms with van der Waals surface area (Å²) in [7, 11) is 0. The van der Waals surface area contributed by atoms with Crippen LogP contribution in [0.25, 0.3) is 44.5 Å². The molecule has 0 atom stereocenters. The smallest absolute Gasteiger partial charge is 0.165 e. The van der Waals surface area contributed by atoms with Crippen LogP contribution in [-0.2, 0) is 26.5 Å². The molecule has 0 N–H and O–H groups in total. The first kappa shape index (κ1) is 33.3. The van der Waals surface area contributed by atoms with Gasteiger partial charge in [-0.25, -0.2) is 4.39 Å². The van der Waals surface area contributed by atoms with Crippen LogP contribution in [0.4, 0.5) is 4.39 Å². The van der Waals surface area contributed by atoms with Crippen LogP contribution < -0.4 is 4.40 Å². The fraction of sp³-hybridized carbons (Fsp3) is 0.282. The second kappa shape index (κ2) is 14.1. The maximum Gasteiger partial charge on any atom is 0.165 e. The van der Waals surface area contributed by atoms with Crippen molar-refractivity contribution in [1.82, 2.24) is 9.97 Å². The molecule has 0 fully saturated rings. The molecule has 6 rings (SSSR count). The monoisotopic (exact) mass is 840 g/mol. The van der Waals surface area contributed by atoms with Crippen LogP contribution in [0.15, 0.2) is 89.6 Å². The fourth-order valence-corrected chi connectivity index (χ4v) is 8.69. The molecule has 0 amide bonds. The third kappa shape index (κ3) is 8.19. The molecular weight excluding hydrogens is 796 g/mol. The minimum Gasteiger partial charge on any atom is -0.498 e. The number of furan rings is 1. The van der Waals surface area contributed by atoms with Crippen molar-refractivity contribution >= 4 is 39.6 Å². The molecule has 3 aromatic carbocycles. The van der Waals surface area contributed by atoms with Gasteiger partial charge in [0.05, 0.1) is 5.58 Å². The average Bonchev–Trinajstić information content (AvgIpc) is 3.36. The quantitative estimate of drug-likeness (QED) is 0.128. The maximum atomic E-state index is 14.0. The molecular formula is C39H41FGeIrN2O-2. The number of fused-ring (bicyclic) bond motifs is 3. The molecule has 0 aliphatic heterocycles. The minimum absolute atomic E-state index is 0. The Hall–Kier alpha value is -3.12. The minimum atomic E-state index is -1.90. The van der Waals surface area contributed by atoms with E-state index in [1.54, 1.807) is 18.3 Å². The predicted molar refractivity (Wildman–Crippen MR) is 184 cm³/mol. The third-order valence-electron chi connectivity index (χ3n) is 7.51. The zero-order valence-electron chi connectivity index (χ0n) is 28.3. The van der Waals surface area contributed by atoms with Crippen molar-refractivity contribution in [3.05, 3.63) is 114 Å². The van der Waals surface area contributed by atoms with E-state index in [9.17, 15) is 4.39 Å². The van der Waals surface area contributed by atoms with E-state index in [4.69, 9.17) is 10.8 Å². The van der Waals surface area contributed by atoms with Gasteiger partial charge in [-0.15, -0.1) is 18.2 Å². The Morgan fingerprint density at radius 3 is 2.31 bits per heavy atom. The van der Waals surface area contributed by atoms with E-state index in [2.05, 4.69) is 73.5 Å². The molecule has 1 radical (unpaired) electrons. The first-order valence-electron chi connectivity index (χ1n) is 15.6. The summed E-state index contributed by atoms with van der Waals surface area (Å²) in [4.78, 5) is 9.12. The van der Waals surface area contributed by atoms with Gasteiger partial charge in [-0.05, 0) is 23.7 Å². The molecule has 45 heavy (non-hydrogen) atoms. The van der Waals surface area contributed by atoms with E-state index in [0.29, 0.717) is 22.3 Å². The summed E-state index contributed by atoms with van der Waals surface area (Å²) in [5.41, 5.74) is 6.90. The summed E-state index contributed by atoms with van der Waals surface area (Å²) < 4.78 is 29.6. The van der Waals surface area contributed by atoms with Gasteiger partial charge >= 0.3 is 132 Å². The molecule has 0 saturated heterocycles. The number of benzene rings is 3. The van der Waals surface area contributed by atoms with Gasteiger partial charge < -0.3 is 9.40 Å². The number of hydrogen-bond acceptors (Lipinski definition) is 3. The van der Waals surface area contributed by atoms with Gasteiger partial charge in [0, 0.05) is 33.1 Å². The number of pyridine rings is 2. The van der Waals surface area contributed by atoms with Crippen LogP contribution >= 0.6 is 0 Å². The molecule has 0 bridgehead atoms. The van der Waals surface area contributed by atoms with E-state index >= 15 is 0 Å². The van der Waals surface area contributed by atoms with Crippen LogP contribution in [0, 0.1) is 23.4 Å². The van der Waals surface area contributed by atoms with Crippen molar-refractivity contribution < 1.29 is 30.3 Å². The van der Waals surface area contributed by atoms with Crippen LogP contribution in [-0.4, -0.2) is 23.2 Å². The molecule has 0 unspecified atom stereocenters.